The smallest absolute Gasteiger partial charge is 0.222 e. The SMILES string of the molecule is COc1cc(-c2ccccc2)ccc1C(C)C=Cc1c(C)nc(N)nc1N. The van der Waals surface area contributed by atoms with Crippen molar-refractivity contribution in [3.05, 3.63) is 71.4 Å². The molecule has 1 atom stereocenters. The molecular formula is C22H24N4O. The number of rotatable bonds is 5. The maximum atomic E-state index is 5.98. The zero-order valence-corrected chi connectivity index (χ0v) is 15.8. The van der Waals surface area contributed by atoms with Gasteiger partial charge >= 0.3 is 0 Å². The van der Waals surface area contributed by atoms with Crippen molar-refractivity contribution in [3.63, 3.8) is 0 Å². The fraction of sp³-hybridized carbons (Fsp3) is 0.182. The van der Waals surface area contributed by atoms with Gasteiger partial charge in [0.1, 0.15) is 11.6 Å². The second kappa shape index (κ2) is 7.91. The first kappa shape index (κ1) is 18.5. The van der Waals surface area contributed by atoms with E-state index in [0.717, 1.165) is 33.7 Å². The second-order valence-corrected chi connectivity index (χ2v) is 6.44. The first-order chi connectivity index (χ1) is 13.0. The van der Waals surface area contributed by atoms with Gasteiger partial charge in [0.25, 0.3) is 0 Å². The Kier molecular flexibility index (Phi) is 5.41. The minimum atomic E-state index is 0.126. The molecule has 0 saturated carbocycles. The zero-order valence-electron chi connectivity index (χ0n) is 15.8. The third-order valence-electron chi connectivity index (χ3n) is 4.57. The first-order valence-corrected chi connectivity index (χ1v) is 8.80. The Labute approximate surface area is 159 Å². The van der Waals surface area contributed by atoms with Crippen molar-refractivity contribution >= 4 is 17.8 Å². The second-order valence-electron chi connectivity index (χ2n) is 6.44. The van der Waals surface area contributed by atoms with E-state index in [0.29, 0.717) is 5.82 Å². The van der Waals surface area contributed by atoms with Crippen LogP contribution in [0.4, 0.5) is 11.8 Å². The highest BCUT2D eigenvalue weighted by molar-refractivity contribution is 5.68. The van der Waals surface area contributed by atoms with Gasteiger partial charge in [-0.05, 0) is 24.1 Å². The Morgan fingerprint density at radius 1 is 1.00 bits per heavy atom. The number of ether oxygens (including phenoxy) is 1. The predicted octanol–water partition coefficient (Wildman–Crippen LogP) is 4.44. The Morgan fingerprint density at radius 2 is 1.74 bits per heavy atom. The number of allylic oxidation sites excluding steroid dienone is 1. The molecule has 138 valence electrons. The maximum Gasteiger partial charge on any atom is 0.222 e. The van der Waals surface area contributed by atoms with Crippen molar-refractivity contribution in [1.29, 1.82) is 0 Å². The lowest BCUT2D eigenvalue weighted by molar-refractivity contribution is 0.409. The van der Waals surface area contributed by atoms with Gasteiger partial charge in [-0.25, -0.2) is 4.98 Å². The summed E-state index contributed by atoms with van der Waals surface area (Å²) >= 11 is 0. The lowest BCUT2D eigenvalue weighted by Crippen LogP contribution is -2.04. The van der Waals surface area contributed by atoms with Gasteiger partial charge in [0.15, 0.2) is 0 Å². The molecule has 0 saturated heterocycles. The molecule has 0 fully saturated rings. The number of benzene rings is 2. The predicted molar refractivity (Wildman–Crippen MR) is 111 cm³/mol. The number of methoxy groups -OCH3 is 1. The molecule has 0 aliphatic rings. The van der Waals surface area contributed by atoms with Gasteiger partial charge in [0.05, 0.1) is 12.8 Å². The number of hydrogen-bond acceptors (Lipinski definition) is 5. The highest BCUT2D eigenvalue weighted by Gasteiger charge is 2.12. The van der Waals surface area contributed by atoms with E-state index < -0.39 is 0 Å². The number of aryl methyl sites for hydroxylation is 1. The van der Waals surface area contributed by atoms with Crippen molar-refractivity contribution in [2.45, 2.75) is 19.8 Å². The molecule has 0 bridgehead atoms. The third-order valence-corrected chi connectivity index (χ3v) is 4.57. The molecular weight excluding hydrogens is 336 g/mol. The number of nitrogens with two attached hydrogens (primary N) is 2. The summed E-state index contributed by atoms with van der Waals surface area (Å²) in [5.41, 5.74) is 16.5. The molecule has 1 heterocycles. The minimum Gasteiger partial charge on any atom is -0.496 e. The van der Waals surface area contributed by atoms with Crippen molar-refractivity contribution in [2.75, 3.05) is 18.6 Å². The van der Waals surface area contributed by atoms with Gasteiger partial charge < -0.3 is 16.2 Å². The van der Waals surface area contributed by atoms with E-state index in [1.807, 2.05) is 31.2 Å². The number of anilines is 2. The monoisotopic (exact) mass is 360 g/mol. The minimum absolute atomic E-state index is 0.126. The summed E-state index contributed by atoms with van der Waals surface area (Å²) in [6.45, 7) is 3.98. The summed E-state index contributed by atoms with van der Waals surface area (Å²) in [6.07, 6.45) is 4.01. The molecule has 3 rings (SSSR count). The highest BCUT2D eigenvalue weighted by Crippen LogP contribution is 2.33. The average molecular weight is 360 g/mol. The average Bonchev–Trinajstić information content (AvgIpc) is 2.67. The molecule has 5 nitrogen and oxygen atoms in total. The van der Waals surface area contributed by atoms with Crippen molar-refractivity contribution in [1.82, 2.24) is 9.97 Å². The van der Waals surface area contributed by atoms with Crippen LogP contribution < -0.4 is 16.2 Å². The molecule has 5 heteroatoms. The lowest BCUT2D eigenvalue weighted by atomic mass is 9.95. The fourth-order valence-corrected chi connectivity index (χ4v) is 3.07. The van der Waals surface area contributed by atoms with Crippen LogP contribution in [0.2, 0.25) is 0 Å². The first-order valence-electron chi connectivity index (χ1n) is 8.80. The van der Waals surface area contributed by atoms with Crippen LogP contribution in [-0.4, -0.2) is 17.1 Å². The maximum absolute atomic E-state index is 5.98. The Hall–Kier alpha value is -3.34. The number of aromatic nitrogens is 2. The Morgan fingerprint density at radius 3 is 2.41 bits per heavy atom. The van der Waals surface area contributed by atoms with Gasteiger partial charge in [-0.2, -0.15) is 4.98 Å². The van der Waals surface area contributed by atoms with E-state index in [9.17, 15) is 0 Å². The summed E-state index contributed by atoms with van der Waals surface area (Å²) in [6, 6.07) is 16.5. The van der Waals surface area contributed by atoms with E-state index in [2.05, 4.69) is 53.3 Å². The van der Waals surface area contributed by atoms with Crippen molar-refractivity contribution in [2.24, 2.45) is 0 Å². The normalized spacial score (nSPS) is 12.3. The van der Waals surface area contributed by atoms with Gasteiger partial charge in [-0.1, -0.05) is 61.5 Å². The standard InChI is InChI=1S/C22H24N4O/c1-14(9-11-19-15(2)25-22(24)26-21(19)23)18-12-10-17(13-20(18)27-3)16-7-5-4-6-8-16/h4-14H,1-3H3,(H4,23,24,25,26). The van der Waals surface area contributed by atoms with E-state index in [1.54, 1.807) is 7.11 Å². The number of nitrogen functional groups attached to an aromatic ring is 2. The largest absolute Gasteiger partial charge is 0.496 e. The molecule has 0 aliphatic heterocycles. The quantitative estimate of drug-likeness (QED) is 0.702. The summed E-state index contributed by atoms with van der Waals surface area (Å²) in [4.78, 5) is 8.21. The van der Waals surface area contributed by atoms with E-state index in [4.69, 9.17) is 16.2 Å². The summed E-state index contributed by atoms with van der Waals surface area (Å²) in [5, 5.41) is 0. The molecule has 2 aromatic carbocycles. The molecule has 1 aromatic heterocycles. The van der Waals surface area contributed by atoms with Crippen LogP contribution in [-0.2, 0) is 0 Å². The van der Waals surface area contributed by atoms with Crippen LogP contribution in [0.15, 0.2) is 54.6 Å². The fourth-order valence-electron chi connectivity index (χ4n) is 3.07. The molecule has 0 spiro atoms. The highest BCUT2D eigenvalue weighted by atomic mass is 16.5. The molecule has 4 N–H and O–H groups in total. The summed E-state index contributed by atoms with van der Waals surface area (Å²) in [7, 11) is 1.69. The Balaban J connectivity index is 1.90. The third kappa shape index (κ3) is 4.08. The van der Waals surface area contributed by atoms with Crippen LogP contribution >= 0.6 is 0 Å². The van der Waals surface area contributed by atoms with Crippen LogP contribution in [0.5, 0.6) is 5.75 Å². The number of nitrogens with zero attached hydrogens (tertiary/aromatic N) is 2. The molecule has 27 heavy (non-hydrogen) atoms. The topological polar surface area (TPSA) is 87.0 Å². The van der Waals surface area contributed by atoms with E-state index in [1.165, 1.54) is 0 Å². The van der Waals surface area contributed by atoms with Gasteiger partial charge in [0.2, 0.25) is 5.95 Å². The lowest BCUT2D eigenvalue weighted by Gasteiger charge is -2.15. The summed E-state index contributed by atoms with van der Waals surface area (Å²) < 4.78 is 5.64. The van der Waals surface area contributed by atoms with Gasteiger partial charge in [0, 0.05) is 17.0 Å². The van der Waals surface area contributed by atoms with Crippen LogP contribution in [0.1, 0.15) is 29.7 Å². The molecule has 3 aromatic rings. The van der Waals surface area contributed by atoms with Crippen LogP contribution in [0, 0.1) is 6.92 Å². The Bertz CT molecular complexity index is 944. The number of hydrogen-bond donors (Lipinski definition) is 2. The molecule has 0 radical (unpaired) electrons. The van der Waals surface area contributed by atoms with Crippen molar-refractivity contribution < 1.29 is 4.74 Å². The van der Waals surface area contributed by atoms with E-state index >= 15 is 0 Å². The van der Waals surface area contributed by atoms with Gasteiger partial charge in [-0.15, -0.1) is 0 Å². The van der Waals surface area contributed by atoms with Crippen LogP contribution in [0.3, 0.4) is 0 Å². The van der Waals surface area contributed by atoms with E-state index in [-0.39, 0.29) is 11.9 Å². The summed E-state index contributed by atoms with van der Waals surface area (Å²) in [5.74, 6) is 1.55. The molecule has 0 amide bonds. The molecule has 0 aliphatic carbocycles. The molecule has 1 unspecified atom stereocenters. The van der Waals surface area contributed by atoms with Crippen molar-refractivity contribution in [3.8, 4) is 16.9 Å². The van der Waals surface area contributed by atoms with Gasteiger partial charge in [-0.3, -0.25) is 0 Å². The zero-order chi connectivity index (χ0) is 19.4. The van der Waals surface area contributed by atoms with Crippen LogP contribution in [0.25, 0.3) is 17.2 Å².